The minimum absolute atomic E-state index is 0.132. The highest BCUT2D eigenvalue weighted by Crippen LogP contribution is 2.26. The summed E-state index contributed by atoms with van der Waals surface area (Å²) in [5.41, 5.74) is 7.11. The molecule has 2 N–H and O–H groups in total. The predicted molar refractivity (Wildman–Crippen MR) is 79.5 cm³/mol. The molecular formula is C17H19F2NO. The lowest BCUT2D eigenvalue weighted by Crippen LogP contribution is -2.16. The number of halogens is 2. The Bertz CT molecular complexity index is 601. The van der Waals surface area contributed by atoms with Gasteiger partial charge < -0.3 is 10.5 Å². The van der Waals surface area contributed by atoms with Gasteiger partial charge in [-0.15, -0.1) is 0 Å². The highest BCUT2D eigenvalue weighted by molar-refractivity contribution is 5.33. The summed E-state index contributed by atoms with van der Waals surface area (Å²) in [5, 5.41) is 0. The SMILES string of the molecule is CCOc1ccc(C(CN)Cc2ccccc2F)cc1F. The largest absolute Gasteiger partial charge is 0.491 e. The Labute approximate surface area is 123 Å². The van der Waals surface area contributed by atoms with E-state index in [1.54, 1.807) is 37.3 Å². The zero-order valence-electron chi connectivity index (χ0n) is 12.0. The zero-order chi connectivity index (χ0) is 15.2. The van der Waals surface area contributed by atoms with E-state index in [4.69, 9.17) is 10.5 Å². The van der Waals surface area contributed by atoms with Gasteiger partial charge in [0.15, 0.2) is 11.6 Å². The standard InChI is InChI=1S/C17H19F2NO/c1-2-21-17-8-7-12(10-16(17)19)14(11-20)9-13-5-3-4-6-15(13)18/h3-8,10,14H,2,9,11,20H2,1H3. The third-order valence-corrected chi connectivity index (χ3v) is 3.44. The van der Waals surface area contributed by atoms with Crippen LogP contribution < -0.4 is 10.5 Å². The molecule has 1 atom stereocenters. The van der Waals surface area contributed by atoms with Crippen molar-refractivity contribution < 1.29 is 13.5 Å². The molecule has 0 heterocycles. The molecule has 112 valence electrons. The van der Waals surface area contributed by atoms with E-state index >= 15 is 0 Å². The van der Waals surface area contributed by atoms with Gasteiger partial charge in [-0.3, -0.25) is 0 Å². The summed E-state index contributed by atoms with van der Waals surface area (Å²) in [7, 11) is 0. The number of rotatable bonds is 6. The van der Waals surface area contributed by atoms with E-state index in [1.807, 2.05) is 0 Å². The first-order chi connectivity index (χ1) is 10.2. The second-order valence-corrected chi connectivity index (χ2v) is 4.85. The maximum atomic E-state index is 13.9. The van der Waals surface area contributed by atoms with Crippen LogP contribution >= 0.6 is 0 Å². The molecule has 4 heteroatoms. The van der Waals surface area contributed by atoms with Crippen LogP contribution in [0.1, 0.15) is 24.0 Å². The molecule has 2 aromatic carbocycles. The lowest BCUT2D eigenvalue weighted by molar-refractivity contribution is 0.321. The van der Waals surface area contributed by atoms with Gasteiger partial charge in [-0.05, 0) is 49.2 Å². The molecule has 0 amide bonds. The van der Waals surface area contributed by atoms with E-state index in [1.165, 1.54) is 12.1 Å². The average molecular weight is 291 g/mol. The van der Waals surface area contributed by atoms with E-state index in [9.17, 15) is 8.78 Å². The summed E-state index contributed by atoms with van der Waals surface area (Å²) in [5.74, 6) is -0.585. The molecule has 0 aliphatic carbocycles. The normalized spacial score (nSPS) is 12.2. The third-order valence-electron chi connectivity index (χ3n) is 3.44. The second-order valence-electron chi connectivity index (χ2n) is 4.85. The number of benzene rings is 2. The van der Waals surface area contributed by atoms with Crippen LogP contribution in [0.2, 0.25) is 0 Å². The fraction of sp³-hybridized carbons (Fsp3) is 0.294. The summed E-state index contributed by atoms with van der Waals surface area (Å²) >= 11 is 0. The van der Waals surface area contributed by atoms with Gasteiger partial charge in [0.05, 0.1) is 6.61 Å². The quantitative estimate of drug-likeness (QED) is 0.881. The number of hydrogen-bond donors (Lipinski definition) is 1. The molecule has 0 fully saturated rings. The van der Waals surface area contributed by atoms with Gasteiger partial charge in [0, 0.05) is 5.92 Å². The molecule has 1 unspecified atom stereocenters. The van der Waals surface area contributed by atoms with E-state index in [0.717, 1.165) is 5.56 Å². The molecular weight excluding hydrogens is 272 g/mol. The topological polar surface area (TPSA) is 35.2 Å². The fourth-order valence-electron chi connectivity index (χ4n) is 2.31. The Morgan fingerprint density at radius 2 is 1.86 bits per heavy atom. The Morgan fingerprint density at radius 3 is 2.48 bits per heavy atom. The monoisotopic (exact) mass is 291 g/mol. The van der Waals surface area contributed by atoms with Crippen molar-refractivity contribution in [3.63, 3.8) is 0 Å². The summed E-state index contributed by atoms with van der Waals surface area (Å²) in [6.07, 6.45) is 0.441. The van der Waals surface area contributed by atoms with Gasteiger partial charge >= 0.3 is 0 Å². The minimum atomic E-state index is -0.415. The molecule has 0 spiro atoms. The molecule has 0 saturated heterocycles. The maximum absolute atomic E-state index is 13.9. The molecule has 21 heavy (non-hydrogen) atoms. The summed E-state index contributed by atoms with van der Waals surface area (Å²) in [6, 6.07) is 11.4. The number of ether oxygens (including phenoxy) is 1. The highest BCUT2D eigenvalue weighted by atomic mass is 19.1. The summed E-state index contributed by atoms with van der Waals surface area (Å²) in [4.78, 5) is 0. The zero-order valence-corrected chi connectivity index (χ0v) is 12.0. The van der Waals surface area contributed by atoms with Crippen molar-refractivity contribution in [3.05, 3.63) is 65.2 Å². The van der Waals surface area contributed by atoms with Gasteiger partial charge in [-0.1, -0.05) is 24.3 Å². The molecule has 2 aromatic rings. The Balaban J connectivity index is 2.21. The molecule has 2 nitrogen and oxygen atoms in total. The molecule has 0 aliphatic heterocycles. The first-order valence-electron chi connectivity index (χ1n) is 7.01. The van der Waals surface area contributed by atoms with Crippen molar-refractivity contribution in [2.45, 2.75) is 19.3 Å². The molecule has 0 aliphatic rings. The Kier molecular flexibility index (Phi) is 5.28. The van der Waals surface area contributed by atoms with E-state index in [0.29, 0.717) is 25.1 Å². The number of hydrogen-bond acceptors (Lipinski definition) is 2. The van der Waals surface area contributed by atoms with Crippen LogP contribution in [-0.2, 0) is 6.42 Å². The van der Waals surface area contributed by atoms with Gasteiger partial charge in [0.25, 0.3) is 0 Å². The first kappa shape index (κ1) is 15.4. The van der Waals surface area contributed by atoms with Crippen LogP contribution in [0.4, 0.5) is 8.78 Å². The highest BCUT2D eigenvalue weighted by Gasteiger charge is 2.15. The van der Waals surface area contributed by atoms with E-state index in [-0.39, 0.29) is 17.5 Å². The van der Waals surface area contributed by atoms with Crippen LogP contribution in [0.15, 0.2) is 42.5 Å². The van der Waals surface area contributed by atoms with Crippen LogP contribution in [0, 0.1) is 11.6 Å². The van der Waals surface area contributed by atoms with Crippen molar-refractivity contribution in [2.75, 3.05) is 13.2 Å². The molecule has 0 bridgehead atoms. The van der Waals surface area contributed by atoms with E-state index in [2.05, 4.69) is 0 Å². The minimum Gasteiger partial charge on any atom is -0.491 e. The molecule has 0 saturated carbocycles. The van der Waals surface area contributed by atoms with Crippen molar-refractivity contribution in [1.29, 1.82) is 0 Å². The van der Waals surface area contributed by atoms with Crippen molar-refractivity contribution in [3.8, 4) is 5.75 Å². The first-order valence-corrected chi connectivity index (χ1v) is 7.01. The van der Waals surface area contributed by atoms with Crippen molar-refractivity contribution in [2.24, 2.45) is 5.73 Å². The Morgan fingerprint density at radius 1 is 1.10 bits per heavy atom. The number of nitrogens with two attached hydrogens (primary N) is 1. The maximum Gasteiger partial charge on any atom is 0.165 e. The lowest BCUT2D eigenvalue weighted by Gasteiger charge is -2.17. The van der Waals surface area contributed by atoms with Crippen LogP contribution in [0.25, 0.3) is 0 Å². The predicted octanol–water partition coefficient (Wildman–Crippen LogP) is 3.65. The van der Waals surface area contributed by atoms with Crippen LogP contribution in [-0.4, -0.2) is 13.2 Å². The average Bonchev–Trinajstić information content (AvgIpc) is 2.49. The molecule has 0 aromatic heterocycles. The Hall–Kier alpha value is -1.94. The van der Waals surface area contributed by atoms with Gasteiger partial charge in [0.2, 0.25) is 0 Å². The third kappa shape index (κ3) is 3.79. The van der Waals surface area contributed by atoms with Gasteiger partial charge in [0.1, 0.15) is 5.82 Å². The van der Waals surface area contributed by atoms with E-state index < -0.39 is 5.82 Å². The lowest BCUT2D eigenvalue weighted by atomic mass is 9.91. The van der Waals surface area contributed by atoms with Crippen molar-refractivity contribution in [1.82, 2.24) is 0 Å². The van der Waals surface area contributed by atoms with Gasteiger partial charge in [-0.2, -0.15) is 0 Å². The second kappa shape index (κ2) is 7.18. The molecule has 2 rings (SSSR count). The van der Waals surface area contributed by atoms with Crippen LogP contribution in [0.3, 0.4) is 0 Å². The van der Waals surface area contributed by atoms with Gasteiger partial charge in [-0.25, -0.2) is 8.78 Å². The summed E-state index contributed by atoms with van der Waals surface area (Å²) in [6.45, 7) is 2.53. The fourth-order valence-corrected chi connectivity index (χ4v) is 2.31. The summed E-state index contributed by atoms with van der Waals surface area (Å²) < 4.78 is 32.8. The van der Waals surface area contributed by atoms with Crippen LogP contribution in [0.5, 0.6) is 5.75 Å². The smallest absolute Gasteiger partial charge is 0.165 e. The van der Waals surface area contributed by atoms with Crippen molar-refractivity contribution >= 4 is 0 Å². The molecule has 0 radical (unpaired) electrons.